The average Bonchev–Trinajstić information content (AvgIpc) is 2.85. The van der Waals surface area contributed by atoms with Crippen LogP contribution in [0.3, 0.4) is 0 Å². The second-order valence-corrected chi connectivity index (χ2v) is 4.11. The lowest BCUT2D eigenvalue weighted by atomic mass is 10.2. The van der Waals surface area contributed by atoms with Gasteiger partial charge in [-0.2, -0.15) is 0 Å². The first-order valence-electron chi connectivity index (χ1n) is 6.23. The van der Waals surface area contributed by atoms with Crippen LogP contribution in [0.5, 0.6) is 0 Å². The Morgan fingerprint density at radius 3 is 3.06 bits per heavy atom. The van der Waals surface area contributed by atoms with Crippen LogP contribution < -0.4 is 10.2 Å². The second-order valence-electron chi connectivity index (χ2n) is 4.11. The van der Waals surface area contributed by atoms with Crippen molar-refractivity contribution in [3.8, 4) is 0 Å². The molecule has 1 aromatic rings. The van der Waals surface area contributed by atoms with Crippen LogP contribution in [0.1, 0.15) is 26.2 Å². The minimum absolute atomic E-state index is 0.271. The van der Waals surface area contributed by atoms with E-state index < -0.39 is 0 Å². The molecule has 96 valence electrons. The Morgan fingerprint density at radius 2 is 2.29 bits per heavy atom. The molecular weight excluding hydrogens is 220 g/mol. The molecule has 1 saturated heterocycles. The van der Waals surface area contributed by atoms with Gasteiger partial charge in [0.05, 0.1) is 19.3 Å². The number of nitrogens with zero attached hydrogens (tertiary/aromatic N) is 3. The minimum Gasteiger partial charge on any atom is -0.407 e. The van der Waals surface area contributed by atoms with Gasteiger partial charge in [0.2, 0.25) is 5.89 Å². The molecule has 0 aromatic carbocycles. The smallest absolute Gasteiger partial charge is 0.318 e. The Balaban J connectivity index is 1.94. The molecule has 0 spiro atoms. The van der Waals surface area contributed by atoms with Crippen LogP contribution in [0, 0.1) is 0 Å². The largest absolute Gasteiger partial charge is 0.407 e. The maximum Gasteiger partial charge on any atom is 0.318 e. The third kappa shape index (κ3) is 3.17. The molecule has 1 aliphatic heterocycles. The fourth-order valence-corrected chi connectivity index (χ4v) is 1.82. The van der Waals surface area contributed by atoms with Gasteiger partial charge in [-0.05, 0) is 13.0 Å². The third-order valence-electron chi connectivity index (χ3n) is 2.85. The summed E-state index contributed by atoms with van der Waals surface area (Å²) in [4.78, 5) is 2.10. The van der Waals surface area contributed by atoms with E-state index in [1.54, 1.807) is 0 Å². The van der Waals surface area contributed by atoms with Crippen molar-refractivity contribution < 1.29 is 9.15 Å². The number of anilines is 1. The highest BCUT2D eigenvalue weighted by Gasteiger charge is 2.22. The molecule has 1 aromatic heterocycles. The molecule has 6 heteroatoms. The fraction of sp³-hybridized carbons (Fsp3) is 0.818. The Bertz CT molecular complexity index is 342. The predicted octanol–water partition coefficient (Wildman–Crippen LogP) is 0.794. The molecule has 2 heterocycles. The van der Waals surface area contributed by atoms with Gasteiger partial charge in [-0.1, -0.05) is 18.9 Å². The van der Waals surface area contributed by atoms with Crippen molar-refractivity contribution in [2.24, 2.45) is 0 Å². The molecule has 6 nitrogen and oxygen atoms in total. The topological polar surface area (TPSA) is 63.4 Å². The van der Waals surface area contributed by atoms with Crippen LogP contribution in [-0.4, -0.2) is 42.5 Å². The van der Waals surface area contributed by atoms with E-state index in [0.717, 1.165) is 32.7 Å². The maximum atomic E-state index is 5.61. The Morgan fingerprint density at radius 1 is 1.41 bits per heavy atom. The van der Waals surface area contributed by atoms with Gasteiger partial charge in [-0.25, -0.2) is 0 Å². The van der Waals surface area contributed by atoms with Crippen LogP contribution in [0.2, 0.25) is 0 Å². The quantitative estimate of drug-likeness (QED) is 0.821. The van der Waals surface area contributed by atoms with E-state index >= 15 is 0 Å². The molecule has 2 rings (SSSR count). The molecule has 17 heavy (non-hydrogen) atoms. The molecule has 0 amide bonds. The number of hydrogen-bond acceptors (Lipinski definition) is 6. The molecule has 1 fully saturated rings. The highest BCUT2D eigenvalue weighted by molar-refractivity contribution is 5.25. The lowest BCUT2D eigenvalue weighted by Crippen LogP contribution is -2.42. The van der Waals surface area contributed by atoms with Gasteiger partial charge in [0.15, 0.2) is 0 Å². The third-order valence-corrected chi connectivity index (χ3v) is 2.85. The first-order valence-corrected chi connectivity index (χ1v) is 6.23. The molecule has 0 aliphatic carbocycles. The van der Waals surface area contributed by atoms with Gasteiger partial charge >= 0.3 is 6.01 Å². The van der Waals surface area contributed by atoms with Crippen LogP contribution in [0.4, 0.5) is 6.01 Å². The van der Waals surface area contributed by atoms with Crippen molar-refractivity contribution in [3.63, 3.8) is 0 Å². The highest BCUT2D eigenvalue weighted by Crippen LogP contribution is 2.17. The summed E-state index contributed by atoms with van der Waals surface area (Å²) >= 11 is 0. The van der Waals surface area contributed by atoms with E-state index in [2.05, 4.69) is 27.3 Å². The van der Waals surface area contributed by atoms with Crippen molar-refractivity contribution in [3.05, 3.63) is 5.89 Å². The normalized spacial score (nSPS) is 20.8. The Hall–Kier alpha value is -1.14. The number of hydrogen-bond donors (Lipinski definition) is 1. The number of nitrogens with one attached hydrogen (secondary N) is 1. The molecule has 1 aliphatic rings. The highest BCUT2D eigenvalue weighted by atomic mass is 16.5. The zero-order valence-corrected chi connectivity index (χ0v) is 10.5. The van der Waals surface area contributed by atoms with Gasteiger partial charge < -0.3 is 19.4 Å². The summed E-state index contributed by atoms with van der Waals surface area (Å²) < 4.78 is 11.2. The van der Waals surface area contributed by atoms with Gasteiger partial charge in [-0.3, -0.25) is 0 Å². The molecular formula is C11H20N4O2. The minimum atomic E-state index is 0.271. The number of aromatic nitrogens is 2. The lowest BCUT2D eigenvalue weighted by molar-refractivity contribution is 0.0366. The molecule has 1 atom stereocenters. The first kappa shape index (κ1) is 12.3. The Labute approximate surface area is 101 Å². The van der Waals surface area contributed by atoms with E-state index in [-0.39, 0.29) is 6.10 Å². The summed E-state index contributed by atoms with van der Waals surface area (Å²) in [6.07, 6.45) is 1.28. The van der Waals surface area contributed by atoms with Gasteiger partial charge in [0.1, 0.15) is 0 Å². The summed E-state index contributed by atoms with van der Waals surface area (Å²) in [6.45, 7) is 8.07. The van der Waals surface area contributed by atoms with E-state index in [0.29, 0.717) is 18.5 Å². The van der Waals surface area contributed by atoms with Crippen molar-refractivity contribution in [1.29, 1.82) is 0 Å². The van der Waals surface area contributed by atoms with Gasteiger partial charge in [0, 0.05) is 13.1 Å². The van der Waals surface area contributed by atoms with E-state index in [4.69, 9.17) is 9.15 Å². The molecule has 0 bridgehead atoms. The van der Waals surface area contributed by atoms with Gasteiger partial charge in [0.25, 0.3) is 0 Å². The van der Waals surface area contributed by atoms with Crippen LogP contribution in [0.25, 0.3) is 0 Å². The van der Waals surface area contributed by atoms with Gasteiger partial charge in [-0.15, -0.1) is 5.10 Å². The fourth-order valence-electron chi connectivity index (χ4n) is 1.82. The van der Waals surface area contributed by atoms with Crippen molar-refractivity contribution in [2.75, 3.05) is 31.1 Å². The zero-order valence-electron chi connectivity index (χ0n) is 10.5. The van der Waals surface area contributed by atoms with E-state index in [1.807, 2.05) is 6.92 Å². The average molecular weight is 240 g/mol. The van der Waals surface area contributed by atoms with E-state index in [9.17, 15) is 0 Å². The zero-order chi connectivity index (χ0) is 12.1. The number of morpholine rings is 1. The monoisotopic (exact) mass is 240 g/mol. The standard InChI is InChI=1S/C11H20N4O2/c1-3-9-8-15(5-6-16-9)11-14-13-10(17-11)7-12-4-2/h9,12H,3-8H2,1-2H3. The molecule has 1 unspecified atom stereocenters. The summed E-state index contributed by atoms with van der Waals surface area (Å²) in [5.41, 5.74) is 0. The van der Waals surface area contributed by atoms with Crippen molar-refractivity contribution in [1.82, 2.24) is 15.5 Å². The van der Waals surface area contributed by atoms with Crippen LogP contribution >= 0.6 is 0 Å². The summed E-state index contributed by atoms with van der Waals surface area (Å²) in [6, 6.07) is 0.611. The second kappa shape index (κ2) is 5.97. The summed E-state index contributed by atoms with van der Waals surface area (Å²) in [5, 5.41) is 11.3. The maximum absolute atomic E-state index is 5.61. The van der Waals surface area contributed by atoms with Crippen molar-refractivity contribution in [2.45, 2.75) is 32.9 Å². The summed E-state index contributed by atoms with van der Waals surface area (Å²) in [7, 11) is 0. The lowest BCUT2D eigenvalue weighted by Gasteiger charge is -2.30. The molecule has 0 saturated carbocycles. The number of rotatable bonds is 5. The number of ether oxygens (including phenoxy) is 1. The van der Waals surface area contributed by atoms with Crippen LogP contribution in [-0.2, 0) is 11.3 Å². The van der Waals surface area contributed by atoms with Crippen molar-refractivity contribution >= 4 is 6.01 Å². The first-order chi connectivity index (χ1) is 8.33. The van der Waals surface area contributed by atoms with Crippen LogP contribution in [0.15, 0.2) is 4.42 Å². The predicted molar refractivity (Wildman–Crippen MR) is 63.9 cm³/mol. The summed E-state index contributed by atoms with van der Waals surface area (Å²) in [5.74, 6) is 0.640. The molecule has 1 N–H and O–H groups in total. The SMILES string of the molecule is CCNCc1nnc(N2CCOC(CC)C2)o1. The molecule has 0 radical (unpaired) electrons. The van der Waals surface area contributed by atoms with E-state index in [1.165, 1.54) is 0 Å². The Kier molecular flexibility index (Phi) is 4.33.